The van der Waals surface area contributed by atoms with Gasteiger partial charge in [0.2, 0.25) is 0 Å². The molecule has 0 aliphatic carbocycles. The lowest BCUT2D eigenvalue weighted by Gasteiger charge is -2.55. The van der Waals surface area contributed by atoms with Gasteiger partial charge in [-0.05, 0) is 11.6 Å². The third-order valence-corrected chi connectivity index (χ3v) is 6.63. The van der Waals surface area contributed by atoms with Crippen LogP contribution in [0.4, 0.5) is 0 Å². The van der Waals surface area contributed by atoms with Gasteiger partial charge in [0, 0.05) is 68.9 Å². The summed E-state index contributed by atoms with van der Waals surface area (Å²) < 4.78 is 5.26. The zero-order valence-corrected chi connectivity index (χ0v) is 16.2. The molecule has 5 heterocycles. The van der Waals surface area contributed by atoms with E-state index in [0.717, 1.165) is 39.3 Å². The van der Waals surface area contributed by atoms with E-state index in [0.29, 0.717) is 17.4 Å². The Morgan fingerprint density at radius 1 is 1.14 bits per heavy atom. The summed E-state index contributed by atoms with van der Waals surface area (Å²) in [5, 5.41) is 3.39. The van der Waals surface area contributed by atoms with Crippen LogP contribution in [0.3, 0.4) is 0 Å². The topological polar surface area (TPSA) is 57.7 Å². The second kappa shape index (κ2) is 6.87. The second-order valence-electron chi connectivity index (χ2n) is 8.28. The highest BCUT2D eigenvalue weighted by atomic mass is 16.5. The predicted molar refractivity (Wildman–Crippen MR) is 107 cm³/mol. The molecule has 4 aliphatic heterocycles. The lowest BCUT2D eigenvalue weighted by atomic mass is 9.64. The first-order valence-electron chi connectivity index (χ1n) is 9.99. The summed E-state index contributed by atoms with van der Waals surface area (Å²) in [5.41, 5.74) is 1.64. The van der Waals surface area contributed by atoms with Crippen molar-refractivity contribution in [3.63, 3.8) is 0 Å². The Hall–Kier alpha value is -2.44. The van der Waals surface area contributed by atoms with Gasteiger partial charge in [-0.3, -0.25) is 9.78 Å². The quantitative estimate of drug-likeness (QED) is 0.871. The summed E-state index contributed by atoms with van der Waals surface area (Å²) in [7, 11) is 1.60. The average Bonchev–Trinajstić information content (AvgIpc) is 2.99. The molecule has 4 bridgehead atoms. The molecule has 6 rings (SSSR count). The normalized spacial score (nSPS) is 33.3. The molecule has 0 radical (unpaired) electrons. The van der Waals surface area contributed by atoms with Crippen LogP contribution in [0.25, 0.3) is 0 Å². The number of aromatic nitrogens is 1. The van der Waals surface area contributed by atoms with Crippen LogP contribution in [0.2, 0.25) is 0 Å². The van der Waals surface area contributed by atoms with Gasteiger partial charge in [-0.25, -0.2) is 0 Å². The monoisotopic (exact) mass is 378 g/mol. The summed E-state index contributed by atoms with van der Waals surface area (Å²) in [6, 6.07) is 14.3. The number of benzene rings is 1. The lowest BCUT2D eigenvalue weighted by molar-refractivity contribution is 0.0179. The van der Waals surface area contributed by atoms with Gasteiger partial charge in [0.05, 0.1) is 7.11 Å². The van der Waals surface area contributed by atoms with Gasteiger partial charge in [-0.1, -0.05) is 30.3 Å². The Labute approximate surface area is 165 Å². The van der Waals surface area contributed by atoms with E-state index in [1.807, 2.05) is 0 Å². The molecule has 4 fully saturated rings. The third-order valence-electron chi connectivity index (χ3n) is 6.63. The minimum absolute atomic E-state index is 0.0898. The van der Waals surface area contributed by atoms with Crippen molar-refractivity contribution in [2.45, 2.75) is 11.5 Å². The first-order valence-corrected chi connectivity index (χ1v) is 9.99. The van der Waals surface area contributed by atoms with Gasteiger partial charge in [0.25, 0.3) is 5.91 Å². The van der Waals surface area contributed by atoms with Crippen molar-refractivity contribution >= 4 is 5.91 Å². The Kier molecular flexibility index (Phi) is 4.33. The number of methoxy groups -OCH3 is 1. The number of fused-ring (bicyclic) bond motifs is 1. The minimum atomic E-state index is -0.115. The molecular weight excluding hydrogens is 352 g/mol. The van der Waals surface area contributed by atoms with Gasteiger partial charge in [0.15, 0.2) is 0 Å². The molecule has 1 aromatic heterocycles. The van der Waals surface area contributed by atoms with E-state index in [2.05, 4.69) is 50.4 Å². The number of hydrogen-bond acceptors (Lipinski definition) is 5. The number of pyridine rings is 1. The number of carbonyl (C=O) groups is 1. The fourth-order valence-corrected chi connectivity index (χ4v) is 5.45. The van der Waals surface area contributed by atoms with E-state index in [9.17, 15) is 4.79 Å². The van der Waals surface area contributed by atoms with E-state index in [4.69, 9.17) is 4.74 Å². The molecule has 0 spiro atoms. The third kappa shape index (κ3) is 2.88. The first-order chi connectivity index (χ1) is 13.7. The summed E-state index contributed by atoms with van der Waals surface area (Å²) in [4.78, 5) is 22.5. The zero-order valence-electron chi connectivity index (χ0n) is 16.2. The Morgan fingerprint density at radius 3 is 2.54 bits per heavy atom. The molecule has 4 saturated heterocycles. The van der Waals surface area contributed by atoms with Crippen LogP contribution < -0.4 is 10.1 Å². The van der Waals surface area contributed by atoms with Crippen molar-refractivity contribution < 1.29 is 9.53 Å². The Morgan fingerprint density at radius 2 is 1.86 bits per heavy atom. The standard InChI is InChI=1S/C22H26N4O2/c1-28-18-7-8-23-19(11-18)21(27)24-20-16-12-25-9-10-26(13-16)15-22(20,14-25)17-5-3-2-4-6-17/h2-8,11,16,20H,9-10,12-15H2,1H3,(H,24,27). The first kappa shape index (κ1) is 17.6. The Bertz CT molecular complexity index is 856. The smallest absolute Gasteiger partial charge is 0.270 e. The van der Waals surface area contributed by atoms with Gasteiger partial charge >= 0.3 is 0 Å². The molecule has 28 heavy (non-hydrogen) atoms. The molecule has 1 amide bonds. The van der Waals surface area contributed by atoms with Crippen molar-refractivity contribution in [3.05, 3.63) is 59.9 Å². The highest BCUT2D eigenvalue weighted by Gasteiger charge is 2.55. The van der Waals surface area contributed by atoms with Crippen LogP contribution in [-0.2, 0) is 5.41 Å². The number of rotatable bonds is 4. The number of carbonyl (C=O) groups excluding carboxylic acids is 1. The molecule has 6 nitrogen and oxygen atoms in total. The van der Waals surface area contributed by atoms with Crippen molar-refractivity contribution in [1.82, 2.24) is 20.1 Å². The lowest BCUT2D eigenvalue weighted by Crippen LogP contribution is -2.70. The predicted octanol–water partition coefficient (Wildman–Crippen LogP) is 1.39. The maximum absolute atomic E-state index is 13.1. The molecule has 0 saturated carbocycles. The van der Waals surface area contributed by atoms with Gasteiger partial charge in [-0.15, -0.1) is 0 Å². The largest absolute Gasteiger partial charge is 0.497 e. The fourth-order valence-electron chi connectivity index (χ4n) is 5.45. The van der Waals surface area contributed by atoms with Crippen LogP contribution in [-0.4, -0.2) is 73.1 Å². The number of ether oxygens (including phenoxy) is 1. The van der Waals surface area contributed by atoms with E-state index >= 15 is 0 Å². The van der Waals surface area contributed by atoms with Crippen LogP contribution >= 0.6 is 0 Å². The fraction of sp³-hybridized carbons (Fsp3) is 0.455. The molecule has 3 unspecified atom stereocenters. The maximum atomic E-state index is 13.1. The van der Waals surface area contributed by atoms with E-state index < -0.39 is 0 Å². The molecule has 1 aromatic carbocycles. The van der Waals surface area contributed by atoms with Crippen molar-refractivity contribution in [2.75, 3.05) is 46.4 Å². The summed E-state index contributed by atoms with van der Waals surface area (Å²) >= 11 is 0. The number of nitrogens with zero attached hydrogens (tertiary/aromatic N) is 3. The SMILES string of the molecule is COc1ccnc(C(=O)NC2C3CN4CCN(C3)CC2(c2ccccc2)C4)c1. The molecule has 1 N–H and O–H groups in total. The van der Waals surface area contributed by atoms with Crippen LogP contribution in [0.1, 0.15) is 16.1 Å². The van der Waals surface area contributed by atoms with Gasteiger partial charge in [0.1, 0.15) is 11.4 Å². The molecule has 4 aliphatic rings. The van der Waals surface area contributed by atoms with E-state index in [1.54, 1.807) is 25.4 Å². The van der Waals surface area contributed by atoms with Crippen molar-refractivity contribution in [2.24, 2.45) is 5.92 Å². The molecule has 146 valence electrons. The van der Waals surface area contributed by atoms with Crippen LogP contribution in [0, 0.1) is 5.92 Å². The van der Waals surface area contributed by atoms with Gasteiger partial charge in [-0.2, -0.15) is 0 Å². The number of piperidine rings is 2. The highest BCUT2D eigenvalue weighted by molar-refractivity contribution is 5.93. The summed E-state index contributed by atoms with van der Waals surface area (Å²) in [6.07, 6.45) is 1.63. The van der Waals surface area contributed by atoms with E-state index in [1.165, 1.54) is 5.56 Å². The van der Waals surface area contributed by atoms with Crippen molar-refractivity contribution in [3.8, 4) is 5.75 Å². The maximum Gasteiger partial charge on any atom is 0.270 e. The number of hydrogen-bond donors (Lipinski definition) is 1. The van der Waals surface area contributed by atoms with Crippen LogP contribution in [0.15, 0.2) is 48.7 Å². The molecule has 2 aromatic rings. The number of amides is 1. The number of nitrogens with one attached hydrogen (secondary N) is 1. The zero-order chi connectivity index (χ0) is 19.1. The second-order valence-corrected chi connectivity index (χ2v) is 8.28. The molecule has 6 heteroatoms. The summed E-state index contributed by atoms with van der Waals surface area (Å²) in [5.74, 6) is 0.951. The van der Waals surface area contributed by atoms with Crippen molar-refractivity contribution in [1.29, 1.82) is 0 Å². The molecule has 3 atom stereocenters. The Balaban J connectivity index is 1.51. The van der Waals surface area contributed by atoms with Gasteiger partial charge < -0.3 is 19.9 Å². The molecular formula is C22H26N4O2. The van der Waals surface area contributed by atoms with Crippen LogP contribution in [0.5, 0.6) is 5.75 Å². The minimum Gasteiger partial charge on any atom is -0.497 e. The highest BCUT2D eigenvalue weighted by Crippen LogP contribution is 2.43. The average molecular weight is 378 g/mol. The summed E-state index contributed by atoms with van der Waals surface area (Å²) in [6.45, 7) is 6.29. The van der Waals surface area contributed by atoms with E-state index in [-0.39, 0.29) is 17.4 Å².